The first kappa shape index (κ1) is 20.6. The smallest absolute Gasteiger partial charge is 0.194 e. The van der Waals surface area contributed by atoms with Gasteiger partial charge in [0.2, 0.25) is 0 Å². The van der Waals surface area contributed by atoms with E-state index in [4.69, 9.17) is 0 Å². The van der Waals surface area contributed by atoms with Gasteiger partial charge in [0, 0.05) is 11.1 Å². The highest BCUT2D eigenvalue weighted by Gasteiger charge is 2.21. The minimum Gasteiger partial charge on any atom is -0.204 e. The lowest BCUT2D eigenvalue weighted by Gasteiger charge is -2.25. The van der Waals surface area contributed by atoms with E-state index in [1.54, 1.807) is 6.07 Å². The lowest BCUT2D eigenvalue weighted by atomic mass is 9.81. The Morgan fingerprint density at radius 3 is 2.00 bits per heavy atom. The largest absolute Gasteiger partial charge is 0.204 e. The van der Waals surface area contributed by atoms with Crippen LogP contribution in [0.5, 0.6) is 0 Å². The zero-order chi connectivity index (χ0) is 21.4. The molecule has 3 aromatic carbocycles. The Balaban J connectivity index is 1.70. The SMILES string of the molecule is CCCC1CCc2cc(-c3ccc(-c4cc(F)c(F)c(F)c4)c(F)c3F)ccc2C1. The summed E-state index contributed by atoms with van der Waals surface area (Å²) >= 11 is 0. The zero-order valence-electron chi connectivity index (χ0n) is 16.5. The van der Waals surface area contributed by atoms with E-state index in [1.165, 1.54) is 24.1 Å². The molecule has 0 aliphatic heterocycles. The summed E-state index contributed by atoms with van der Waals surface area (Å²) in [6.07, 6.45) is 5.33. The van der Waals surface area contributed by atoms with Gasteiger partial charge in [-0.2, -0.15) is 0 Å². The van der Waals surface area contributed by atoms with Gasteiger partial charge in [0.25, 0.3) is 0 Å². The van der Waals surface area contributed by atoms with Crippen molar-refractivity contribution in [2.75, 3.05) is 0 Å². The second-order valence-electron chi connectivity index (χ2n) is 7.92. The van der Waals surface area contributed by atoms with Crippen molar-refractivity contribution >= 4 is 0 Å². The molecule has 5 heteroatoms. The fourth-order valence-electron chi connectivity index (χ4n) is 4.36. The monoisotopic (exact) mass is 416 g/mol. The second kappa shape index (κ2) is 8.21. The molecule has 0 saturated heterocycles. The highest BCUT2D eigenvalue weighted by molar-refractivity contribution is 5.72. The van der Waals surface area contributed by atoms with Crippen LogP contribution >= 0.6 is 0 Å². The molecule has 1 aliphatic carbocycles. The summed E-state index contributed by atoms with van der Waals surface area (Å²) in [7, 11) is 0. The van der Waals surface area contributed by atoms with Gasteiger partial charge in [-0.05, 0) is 59.6 Å². The van der Waals surface area contributed by atoms with E-state index in [1.807, 2.05) is 12.1 Å². The molecule has 0 saturated carbocycles. The summed E-state index contributed by atoms with van der Waals surface area (Å²) in [5.74, 6) is -6.21. The lowest BCUT2D eigenvalue weighted by Crippen LogP contribution is -2.14. The van der Waals surface area contributed by atoms with Crippen molar-refractivity contribution in [3.05, 3.63) is 82.7 Å². The molecule has 0 nitrogen and oxygen atoms in total. The molecule has 0 heterocycles. The summed E-state index contributed by atoms with van der Waals surface area (Å²) in [4.78, 5) is 0. The van der Waals surface area contributed by atoms with Crippen molar-refractivity contribution < 1.29 is 22.0 Å². The van der Waals surface area contributed by atoms with Crippen LogP contribution in [0.15, 0.2) is 42.5 Å². The van der Waals surface area contributed by atoms with Crippen LogP contribution in [-0.4, -0.2) is 0 Å². The third-order valence-electron chi connectivity index (χ3n) is 5.92. The average Bonchev–Trinajstić information content (AvgIpc) is 2.73. The van der Waals surface area contributed by atoms with Gasteiger partial charge >= 0.3 is 0 Å². The van der Waals surface area contributed by atoms with Gasteiger partial charge < -0.3 is 0 Å². The van der Waals surface area contributed by atoms with Crippen LogP contribution in [0.25, 0.3) is 22.3 Å². The molecule has 0 aromatic heterocycles. The maximum Gasteiger partial charge on any atom is 0.194 e. The Kier molecular flexibility index (Phi) is 5.63. The number of rotatable bonds is 4. The number of fused-ring (bicyclic) bond motifs is 1. The van der Waals surface area contributed by atoms with Crippen molar-refractivity contribution in [2.24, 2.45) is 5.92 Å². The van der Waals surface area contributed by atoms with Crippen LogP contribution < -0.4 is 0 Å². The van der Waals surface area contributed by atoms with Crippen LogP contribution in [0.2, 0.25) is 0 Å². The molecule has 1 unspecified atom stereocenters. The third-order valence-corrected chi connectivity index (χ3v) is 5.92. The van der Waals surface area contributed by atoms with E-state index >= 15 is 0 Å². The molecule has 0 spiro atoms. The Hall–Kier alpha value is -2.69. The normalized spacial score (nSPS) is 15.9. The molecule has 0 N–H and O–H groups in total. The van der Waals surface area contributed by atoms with Crippen LogP contribution in [-0.2, 0) is 12.8 Å². The summed E-state index contributed by atoms with van der Waals surface area (Å²) in [5.41, 5.74) is 2.45. The zero-order valence-corrected chi connectivity index (χ0v) is 16.5. The highest BCUT2D eigenvalue weighted by Crippen LogP contribution is 2.35. The highest BCUT2D eigenvalue weighted by atomic mass is 19.2. The summed E-state index contributed by atoms with van der Waals surface area (Å²) in [5, 5.41) is 0. The first-order chi connectivity index (χ1) is 14.4. The molecule has 0 amide bonds. The van der Waals surface area contributed by atoms with Gasteiger partial charge in [0.1, 0.15) is 0 Å². The Morgan fingerprint density at radius 2 is 1.37 bits per heavy atom. The number of halogens is 5. The quantitative estimate of drug-likeness (QED) is 0.303. The first-order valence-electron chi connectivity index (χ1n) is 10.1. The number of hydrogen-bond donors (Lipinski definition) is 0. The maximum absolute atomic E-state index is 14.9. The lowest BCUT2D eigenvalue weighted by molar-refractivity contribution is 0.423. The molecule has 0 fully saturated rings. The van der Waals surface area contributed by atoms with Crippen molar-refractivity contribution in [1.29, 1.82) is 0 Å². The van der Waals surface area contributed by atoms with E-state index in [0.717, 1.165) is 31.2 Å². The van der Waals surface area contributed by atoms with Crippen LogP contribution in [0.1, 0.15) is 37.3 Å². The van der Waals surface area contributed by atoms with Gasteiger partial charge in [-0.3, -0.25) is 0 Å². The van der Waals surface area contributed by atoms with Gasteiger partial charge in [-0.25, -0.2) is 22.0 Å². The molecule has 0 bridgehead atoms. The predicted octanol–water partition coefficient (Wildman–Crippen LogP) is 7.62. The van der Waals surface area contributed by atoms with Crippen molar-refractivity contribution in [3.8, 4) is 22.3 Å². The van der Waals surface area contributed by atoms with Crippen molar-refractivity contribution in [2.45, 2.75) is 39.0 Å². The predicted molar refractivity (Wildman–Crippen MR) is 108 cm³/mol. The molecule has 1 aliphatic rings. The van der Waals surface area contributed by atoms with E-state index in [9.17, 15) is 22.0 Å². The molecule has 1 atom stereocenters. The Morgan fingerprint density at radius 1 is 0.733 bits per heavy atom. The van der Waals surface area contributed by atoms with Crippen LogP contribution in [0.4, 0.5) is 22.0 Å². The van der Waals surface area contributed by atoms with Gasteiger partial charge in [-0.15, -0.1) is 0 Å². The van der Waals surface area contributed by atoms with Crippen molar-refractivity contribution in [3.63, 3.8) is 0 Å². The van der Waals surface area contributed by atoms with Crippen molar-refractivity contribution in [1.82, 2.24) is 0 Å². The minimum atomic E-state index is -1.65. The average molecular weight is 416 g/mol. The standard InChI is InChI=1S/C25H21F5/c1-2-3-14-4-5-16-11-17(7-6-15(16)10-14)19-8-9-20(24(29)23(19)28)18-12-21(26)25(30)22(27)13-18/h6-9,11-14H,2-5,10H2,1H3. The van der Waals surface area contributed by atoms with Crippen LogP contribution in [0, 0.1) is 35.0 Å². The topological polar surface area (TPSA) is 0 Å². The van der Waals surface area contributed by atoms with Gasteiger partial charge in [-0.1, -0.05) is 50.1 Å². The molecule has 30 heavy (non-hydrogen) atoms. The summed E-state index contributed by atoms with van der Waals surface area (Å²) < 4.78 is 69.8. The van der Waals surface area contributed by atoms with Gasteiger partial charge in [0.05, 0.1) is 0 Å². The molecular formula is C25H21F5. The molecule has 3 aromatic rings. The second-order valence-corrected chi connectivity index (χ2v) is 7.92. The van der Waals surface area contributed by atoms with E-state index in [0.29, 0.717) is 23.6 Å². The molecule has 156 valence electrons. The number of benzene rings is 3. The van der Waals surface area contributed by atoms with Gasteiger partial charge in [0.15, 0.2) is 29.1 Å². The first-order valence-corrected chi connectivity index (χ1v) is 10.1. The fraction of sp³-hybridized carbons (Fsp3) is 0.280. The molecular weight excluding hydrogens is 395 g/mol. The fourth-order valence-corrected chi connectivity index (χ4v) is 4.36. The molecule has 4 rings (SSSR count). The summed E-state index contributed by atoms with van der Waals surface area (Å²) in [6, 6.07) is 9.60. The Labute approximate surface area is 172 Å². The Bertz CT molecular complexity index is 1080. The molecule has 0 radical (unpaired) electrons. The summed E-state index contributed by atoms with van der Waals surface area (Å²) in [6.45, 7) is 2.17. The van der Waals surface area contributed by atoms with E-state index < -0.39 is 29.1 Å². The minimum absolute atomic E-state index is 0.0813. The van der Waals surface area contributed by atoms with Crippen LogP contribution in [0.3, 0.4) is 0 Å². The number of aryl methyl sites for hydroxylation is 1. The third kappa shape index (κ3) is 3.73. The maximum atomic E-state index is 14.9. The number of hydrogen-bond acceptors (Lipinski definition) is 0. The van der Waals surface area contributed by atoms with E-state index in [2.05, 4.69) is 6.92 Å². The van der Waals surface area contributed by atoms with E-state index in [-0.39, 0.29) is 16.7 Å².